The van der Waals surface area contributed by atoms with Crippen molar-refractivity contribution < 1.29 is 4.74 Å². The average molecular weight is 289 g/mol. The van der Waals surface area contributed by atoms with Crippen LogP contribution in [0.5, 0.6) is 5.75 Å². The first-order valence-corrected chi connectivity index (χ1v) is 7.23. The van der Waals surface area contributed by atoms with E-state index in [-0.39, 0.29) is 0 Å². The number of benzene rings is 1. The molecule has 20 heavy (non-hydrogen) atoms. The summed E-state index contributed by atoms with van der Waals surface area (Å²) in [6, 6.07) is 12.3. The number of hydrogen-bond acceptors (Lipinski definition) is 3. The SMILES string of the molecule is Clc1ccc(COc2ccc(CNC3CC3)nc2)cc1. The molecule has 1 aliphatic carbocycles. The van der Waals surface area contributed by atoms with Crippen molar-refractivity contribution in [3.05, 3.63) is 58.9 Å². The fourth-order valence-electron chi connectivity index (χ4n) is 1.88. The summed E-state index contributed by atoms with van der Waals surface area (Å²) < 4.78 is 5.70. The Kier molecular flexibility index (Phi) is 4.19. The molecule has 1 aliphatic rings. The number of hydrogen-bond donors (Lipinski definition) is 1. The lowest BCUT2D eigenvalue weighted by Gasteiger charge is -2.07. The highest BCUT2D eigenvalue weighted by molar-refractivity contribution is 6.30. The number of nitrogens with zero attached hydrogens (tertiary/aromatic N) is 1. The van der Waals surface area contributed by atoms with E-state index in [9.17, 15) is 0 Å². The van der Waals surface area contributed by atoms with E-state index in [0.717, 1.165) is 28.6 Å². The summed E-state index contributed by atoms with van der Waals surface area (Å²) >= 11 is 5.85. The number of ether oxygens (including phenoxy) is 1. The number of pyridine rings is 1. The Morgan fingerprint density at radius 1 is 1.15 bits per heavy atom. The summed E-state index contributed by atoms with van der Waals surface area (Å²) in [6.45, 7) is 1.36. The van der Waals surface area contributed by atoms with Crippen LogP contribution < -0.4 is 10.1 Å². The van der Waals surface area contributed by atoms with Crippen molar-refractivity contribution in [2.75, 3.05) is 0 Å². The van der Waals surface area contributed by atoms with Gasteiger partial charge in [-0.25, -0.2) is 0 Å². The maximum atomic E-state index is 5.85. The van der Waals surface area contributed by atoms with Gasteiger partial charge in [-0.3, -0.25) is 4.98 Å². The molecule has 0 saturated heterocycles. The van der Waals surface area contributed by atoms with Crippen molar-refractivity contribution in [3.8, 4) is 5.75 Å². The van der Waals surface area contributed by atoms with Gasteiger partial charge in [0.25, 0.3) is 0 Å². The van der Waals surface area contributed by atoms with Gasteiger partial charge in [-0.2, -0.15) is 0 Å². The second-order valence-electron chi connectivity index (χ2n) is 5.06. The molecule has 104 valence electrons. The third-order valence-electron chi connectivity index (χ3n) is 3.27. The number of aromatic nitrogens is 1. The minimum Gasteiger partial charge on any atom is -0.487 e. The predicted octanol–water partition coefficient (Wildman–Crippen LogP) is 3.57. The van der Waals surface area contributed by atoms with Gasteiger partial charge in [-0.15, -0.1) is 0 Å². The van der Waals surface area contributed by atoms with E-state index >= 15 is 0 Å². The van der Waals surface area contributed by atoms with Gasteiger partial charge in [0.15, 0.2) is 0 Å². The van der Waals surface area contributed by atoms with Crippen LogP contribution in [0.4, 0.5) is 0 Å². The monoisotopic (exact) mass is 288 g/mol. The van der Waals surface area contributed by atoms with Crippen LogP contribution in [-0.4, -0.2) is 11.0 Å². The standard InChI is InChI=1S/C16H17ClN2O/c17-13-3-1-12(2-4-13)11-20-16-8-7-15(19-10-16)9-18-14-5-6-14/h1-4,7-8,10,14,18H,5-6,9,11H2. The lowest BCUT2D eigenvalue weighted by molar-refractivity contribution is 0.305. The number of halogens is 1. The van der Waals surface area contributed by atoms with Crippen molar-refractivity contribution in [1.29, 1.82) is 0 Å². The van der Waals surface area contributed by atoms with Gasteiger partial charge in [0.05, 0.1) is 11.9 Å². The highest BCUT2D eigenvalue weighted by atomic mass is 35.5. The molecule has 1 aromatic heterocycles. The zero-order chi connectivity index (χ0) is 13.8. The van der Waals surface area contributed by atoms with Gasteiger partial charge in [-0.1, -0.05) is 23.7 Å². The lowest BCUT2D eigenvalue weighted by atomic mass is 10.2. The summed E-state index contributed by atoms with van der Waals surface area (Å²) in [6.07, 6.45) is 4.37. The predicted molar refractivity (Wildman–Crippen MR) is 79.9 cm³/mol. The van der Waals surface area contributed by atoms with Crippen LogP contribution in [0.3, 0.4) is 0 Å². The van der Waals surface area contributed by atoms with Gasteiger partial charge >= 0.3 is 0 Å². The van der Waals surface area contributed by atoms with Crippen LogP contribution in [-0.2, 0) is 13.2 Å². The van der Waals surface area contributed by atoms with E-state index in [0.29, 0.717) is 12.6 Å². The molecular formula is C16H17ClN2O. The van der Waals surface area contributed by atoms with Crippen LogP contribution >= 0.6 is 11.6 Å². The molecule has 1 saturated carbocycles. The Morgan fingerprint density at radius 3 is 2.60 bits per heavy atom. The highest BCUT2D eigenvalue weighted by Crippen LogP contribution is 2.19. The fourth-order valence-corrected chi connectivity index (χ4v) is 2.01. The minimum absolute atomic E-state index is 0.526. The Morgan fingerprint density at radius 2 is 1.95 bits per heavy atom. The molecule has 4 heteroatoms. The maximum Gasteiger partial charge on any atom is 0.138 e. The van der Waals surface area contributed by atoms with Crippen molar-refractivity contribution in [2.45, 2.75) is 32.0 Å². The number of nitrogens with one attached hydrogen (secondary N) is 1. The van der Waals surface area contributed by atoms with Gasteiger partial charge in [0, 0.05) is 17.6 Å². The summed E-state index contributed by atoms with van der Waals surface area (Å²) in [5.74, 6) is 0.787. The summed E-state index contributed by atoms with van der Waals surface area (Å²) in [7, 11) is 0. The van der Waals surface area contributed by atoms with Gasteiger partial charge < -0.3 is 10.1 Å². The van der Waals surface area contributed by atoms with Crippen LogP contribution in [0.1, 0.15) is 24.1 Å². The first kappa shape index (κ1) is 13.4. The molecule has 1 aromatic carbocycles. The van der Waals surface area contributed by atoms with Gasteiger partial charge in [0.1, 0.15) is 12.4 Å². The summed E-state index contributed by atoms with van der Waals surface area (Å²) in [5, 5.41) is 4.18. The van der Waals surface area contributed by atoms with E-state index in [1.54, 1.807) is 6.20 Å². The van der Waals surface area contributed by atoms with E-state index in [4.69, 9.17) is 16.3 Å². The Bertz CT molecular complexity index is 550. The van der Waals surface area contributed by atoms with Crippen molar-refractivity contribution in [3.63, 3.8) is 0 Å². The lowest BCUT2D eigenvalue weighted by Crippen LogP contribution is -2.16. The first-order chi connectivity index (χ1) is 9.79. The Labute approximate surface area is 123 Å². The van der Waals surface area contributed by atoms with E-state index in [1.807, 2.05) is 36.4 Å². The molecule has 0 spiro atoms. The smallest absolute Gasteiger partial charge is 0.138 e. The molecule has 0 atom stereocenters. The molecule has 0 amide bonds. The third kappa shape index (κ3) is 3.95. The molecule has 0 radical (unpaired) electrons. The van der Waals surface area contributed by atoms with Crippen LogP contribution in [0.25, 0.3) is 0 Å². The van der Waals surface area contributed by atoms with Gasteiger partial charge in [-0.05, 0) is 42.7 Å². The van der Waals surface area contributed by atoms with Crippen molar-refractivity contribution in [1.82, 2.24) is 10.3 Å². The van der Waals surface area contributed by atoms with Crippen LogP contribution in [0.15, 0.2) is 42.6 Å². The van der Waals surface area contributed by atoms with Crippen molar-refractivity contribution >= 4 is 11.6 Å². The Hall–Kier alpha value is -1.58. The molecule has 1 fully saturated rings. The molecule has 0 unspecified atom stereocenters. The first-order valence-electron chi connectivity index (χ1n) is 6.85. The third-order valence-corrected chi connectivity index (χ3v) is 3.52. The molecule has 2 aromatic rings. The van der Waals surface area contributed by atoms with Crippen LogP contribution in [0, 0.1) is 0 Å². The topological polar surface area (TPSA) is 34.1 Å². The molecule has 0 aliphatic heterocycles. The zero-order valence-electron chi connectivity index (χ0n) is 11.2. The molecule has 3 nitrogen and oxygen atoms in total. The molecule has 3 rings (SSSR count). The highest BCUT2D eigenvalue weighted by Gasteiger charge is 2.19. The second kappa shape index (κ2) is 6.25. The maximum absolute atomic E-state index is 5.85. The van der Waals surface area contributed by atoms with E-state index in [1.165, 1.54) is 12.8 Å². The molecule has 1 heterocycles. The Balaban J connectivity index is 1.50. The van der Waals surface area contributed by atoms with E-state index in [2.05, 4.69) is 10.3 Å². The summed E-state index contributed by atoms with van der Waals surface area (Å²) in [4.78, 5) is 4.40. The number of rotatable bonds is 6. The van der Waals surface area contributed by atoms with E-state index < -0.39 is 0 Å². The zero-order valence-corrected chi connectivity index (χ0v) is 11.9. The minimum atomic E-state index is 0.526. The van der Waals surface area contributed by atoms with Gasteiger partial charge in [0.2, 0.25) is 0 Å². The molecular weight excluding hydrogens is 272 g/mol. The normalized spacial score (nSPS) is 14.2. The quantitative estimate of drug-likeness (QED) is 0.882. The molecule has 1 N–H and O–H groups in total. The van der Waals surface area contributed by atoms with Crippen LogP contribution in [0.2, 0.25) is 5.02 Å². The average Bonchev–Trinajstić information content (AvgIpc) is 3.30. The summed E-state index contributed by atoms with van der Waals surface area (Å²) in [5.41, 5.74) is 2.14. The molecule has 0 bridgehead atoms. The fraction of sp³-hybridized carbons (Fsp3) is 0.312. The second-order valence-corrected chi connectivity index (χ2v) is 5.49. The van der Waals surface area contributed by atoms with Crippen molar-refractivity contribution in [2.24, 2.45) is 0 Å². The largest absolute Gasteiger partial charge is 0.487 e.